The van der Waals surface area contributed by atoms with Crippen molar-refractivity contribution in [3.63, 3.8) is 0 Å². The second-order valence-electron chi connectivity index (χ2n) is 6.46. The van der Waals surface area contributed by atoms with Crippen molar-refractivity contribution in [2.45, 2.75) is 13.0 Å². The topological polar surface area (TPSA) is 58.8 Å². The number of amides is 1. The Bertz CT molecular complexity index is 755. The lowest BCUT2D eigenvalue weighted by atomic mass is 10.1. The zero-order valence-electron chi connectivity index (χ0n) is 15.0. The number of nitrogens with two attached hydrogens (primary N) is 1. The Morgan fingerprint density at radius 2 is 1.63 bits per heavy atom. The van der Waals surface area contributed by atoms with E-state index in [1.807, 2.05) is 30.3 Å². The van der Waals surface area contributed by atoms with E-state index in [0.717, 1.165) is 5.56 Å². The van der Waals surface area contributed by atoms with Gasteiger partial charge in [-0.25, -0.2) is 13.6 Å². The zero-order chi connectivity index (χ0) is 19.2. The smallest absolute Gasteiger partial charge is 0.410 e. The molecule has 0 unspecified atom stereocenters. The largest absolute Gasteiger partial charge is 0.445 e. The molecule has 1 aliphatic rings. The van der Waals surface area contributed by atoms with E-state index in [4.69, 9.17) is 10.5 Å². The third-order valence-corrected chi connectivity index (χ3v) is 4.57. The van der Waals surface area contributed by atoms with Crippen LogP contribution in [0.3, 0.4) is 0 Å². The van der Waals surface area contributed by atoms with Crippen LogP contribution in [-0.2, 0) is 17.8 Å². The lowest BCUT2D eigenvalue weighted by Crippen LogP contribution is -2.49. The van der Waals surface area contributed by atoms with E-state index in [-0.39, 0.29) is 12.3 Å². The Morgan fingerprint density at radius 1 is 1.00 bits per heavy atom. The lowest BCUT2D eigenvalue weighted by molar-refractivity contribution is 0.0941. The first-order valence-corrected chi connectivity index (χ1v) is 8.97. The first-order valence-electron chi connectivity index (χ1n) is 8.97. The molecule has 0 aromatic heterocycles. The van der Waals surface area contributed by atoms with Crippen LogP contribution >= 0.6 is 0 Å². The summed E-state index contributed by atoms with van der Waals surface area (Å²) < 4.78 is 34.0. The Hall–Kier alpha value is -2.67. The molecule has 1 amide bonds. The van der Waals surface area contributed by atoms with E-state index in [1.165, 1.54) is 12.1 Å². The first-order chi connectivity index (χ1) is 13.1. The molecule has 1 heterocycles. The number of anilines is 1. The van der Waals surface area contributed by atoms with E-state index in [1.54, 1.807) is 9.80 Å². The molecule has 0 radical (unpaired) electrons. The highest BCUT2D eigenvalue weighted by Crippen LogP contribution is 2.26. The van der Waals surface area contributed by atoms with Crippen molar-refractivity contribution in [1.82, 2.24) is 4.90 Å². The van der Waals surface area contributed by atoms with Crippen molar-refractivity contribution >= 4 is 11.8 Å². The van der Waals surface area contributed by atoms with Crippen molar-refractivity contribution in [2.75, 3.05) is 37.6 Å². The maximum Gasteiger partial charge on any atom is 0.410 e. The summed E-state index contributed by atoms with van der Waals surface area (Å²) in [4.78, 5) is 15.4. The second-order valence-corrected chi connectivity index (χ2v) is 6.46. The van der Waals surface area contributed by atoms with Crippen molar-refractivity contribution in [3.8, 4) is 0 Å². The fraction of sp³-hybridized carbons (Fsp3) is 0.350. The summed E-state index contributed by atoms with van der Waals surface area (Å²) in [6.07, 6.45) is 0.00699. The molecule has 27 heavy (non-hydrogen) atoms. The van der Waals surface area contributed by atoms with Gasteiger partial charge in [-0.15, -0.1) is 0 Å². The summed E-state index contributed by atoms with van der Waals surface area (Å²) in [6, 6.07) is 12.1. The van der Waals surface area contributed by atoms with Crippen LogP contribution in [0.2, 0.25) is 0 Å². The van der Waals surface area contributed by atoms with Crippen LogP contribution in [0.15, 0.2) is 42.5 Å². The molecule has 1 aliphatic heterocycles. The van der Waals surface area contributed by atoms with E-state index < -0.39 is 17.7 Å². The average Bonchev–Trinajstić information content (AvgIpc) is 2.67. The van der Waals surface area contributed by atoms with Crippen molar-refractivity contribution < 1.29 is 18.3 Å². The maximum atomic E-state index is 14.4. The highest BCUT2D eigenvalue weighted by Gasteiger charge is 2.26. The van der Waals surface area contributed by atoms with Crippen molar-refractivity contribution in [3.05, 3.63) is 65.2 Å². The second kappa shape index (κ2) is 8.81. The molecule has 7 heteroatoms. The number of piperazine rings is 1. The van der Waals surface area contributed by atoms with Gasteiger partial charge in [0, 0.05) is 26.2 Å². The predicted octanol–water partition coefficient (Wildman–Crippen LogP) is 2.92. The standard InChI is InChI=1S/C20H23F2N3O2/c21-17-12-16(6-7-23)13-18(22)19(17)24-8-10-25(11-9-24)20(26)27-14-15-4-2-1-3-5-15/h1-5,12-13H,6-11,14,23H2. The van der Waals surface area contributed by atoms with Crippen LogP contribution in [0.1, 0.15) is 11.1 Å². The number of nitrogens with zero attached hydrogens (tertiary/aromatic N) is 2. The normalized spacial score (nSPS) is 14.3. The van der Waals surface area contributed by atoms with Gasteiger partial charge in [-0.3, -0.25) is 0 Å². The molecule has 144 valence electrons. The molecule has 0 spiro atoms. The van der Waals surface area contributed by atoms with Gasteiger partial charge in [-0.2, -0.15) is 0 Å². The molecule has 1 saturated heterocycles. The van der Waals surface area contributed by atoms with Crippen LogP contribution in [0.5, 0.6) is 0 Å². The minimum atomic E-state index is -0.599. The van der Waals surface area contributed by atoms with E-state index in [9.17, 15) is 13.6 Å². The number of hydrogen-bond acceptors (Lipinski definition) is 4. The molecule has 0 atom stereocenters. The van der Waals surface area contributed by atoms with Gasteiger partial charge in [0.15, 0.2) is 0 Å². The van der Waals surface area contributed by atoms with Gasteiger partial charge in [-0.05, 0) is 36.2 Å². The highest BCUT2D eigenvalue weighted by atomic mass is 19.1. The minimum absolute atomic E-state index is 0.0481. The van der Waals surface area contributed by atoms with Gasteiger partial charge in [0.25, 0.3) is 0 Å². The molecule has 1 fully saturated rings. The fourth-order valence-electron chi connectivity index (χ4n) is 3.15. The molecule has 2 aromatic carbocycles. The van der Waals surface area contributed by atoms with Crippen LogP contribution in [0.25, 0.3) is 0 Å². The monoisotopic (exact) mass is 375 g/mol. The Kier molecular flexibility index (Phi) is 6.24. The first kappa shape index (κ1) is 19.1. The molecule has 3 rings (SSSR count). The minimum Gasteiger partial charge on any atom is -0.445 e. The number of ether oxygens (including phenoxy) is 1. The van der Waals surface area contributed by atoms with E-state index >= 15 is 0 Å². The SMILES string of the molecule is NCCc1cc(F)c(N2CCN(C(=O)OCc3ccccc3)CC2)c(F)c1. The Balaban J connectivity index is 1.56. The summed E-state index contributed by atoms with van der Waals surface area (Å²) in [5, 5.41) is 0. The number of carbonyl (C=O) groups is 1. The van der Waals surface area contributed by atoms with Crippen LogP contribution in [0, 0.1) is 11.6 Å². The number of halogens is 2. The van der Waals surface area contributed by atoms with Gasteiger partial charge >= 0.3 is 6.09 Å². The van der Waals surface area contributed by atoms with Gasteiger partial charge < -0.3 is 20.3 Å². The van der Waals surface area contributed by atoms with Crippen LogP contribution in [0.4, 0.5) is 19.3 Å². The van der Waals surface area contributed by atoms with Gasteiger partial charge in [0.05, 0.1) is 0 Å². The number of rotatable bonds is 5. The molecular weight excluding hydrogens is 352 g/mol. The average molecular weight is 375 g/mol. The highest BCUT2D eigenvalue weighted by molar-refractivity contribution is 5.68. The number of carbonyl (C=O) groups excluding carboxylic acids is 1. The molecular formula is C20H23F2N3O2. The lowest BCUT2D eigenvalue weighted by Gasteiger charge is -2.35. The number of benzene rings is 2. The maximum absolute atomic E-state index is 14.4. The number of hydrogen-bond donors (Lipinski definition) is 1. The van der Waals surface area contributed by atoms with Crippen molar-refractivity contribution in [2.24, 2.45) is 5.73 Å². The summed E-state index contributed by atoms with van der Waals surface area (Å²) >= 11 is 0. The molecule has 0 aliphatic carbocycles. The Labute approximate surface area is 157 Å². The van der Waals surface area contributed by atoms with E-state index in [0.29, 0.717) is 44.7 Å². The summed E-state index contributed by atoms with van der Waals surface area (Å²) in [5.74, 6) is -1.20. The molecule has 0 bridgehead atoms. The summed E-state index contributed by atoms with van der Waals surface area (Å²) in [6.45, 7) is 1.90. The fourth-order valence-corrected chi connectivity index (χ4v) is 3.15. The van der Waals surface area contributed by atoms with E-state index in [2.05, 4.69) is 0 Å². The zero-order valence-corrected chi connectivity index (χ0v) is 15.0. The third-order valence-electron chi connectivity index (χ3n) is 4.57. The van der Waals surface area contributed by atoms with Crippen LogP contribution in [-0.4, -0.2) is 43.7 Å². The van der Waals surface area contributed by atoms with Crippen molar-refractivity contribution in [1.29, 1.82) is 0 Å². The third kappa shape index (κ3) is 4.74. The molecule has 2 N–H and O–H groups in total. The van der Waals surface area contributed by atoms with Crippen LogP contribution < -0.4 is 10.6 Å². The van der Waals surface area contributed by atoms with Gasteiger partial charge in [0.1, 0.15) is 23.9 Å². The molecule has 5 nitrogen and oxygen atoms in total. The van der Waals surface area contributed by atoms with Gasteiger partial charge in [-0.1, -0.05) is 30.3 Å². The predicted molar refractivity (Wildman–Crippen MR) is 99.5 cm³/mol. The van der Waals surface area contributed by atoms with Gasteiger partial charge in [0.2, 0.25) is 0 Å². The Morgan fingerprint density at radius 3 is 2.22 bits per heavy atom. The summed E-state index contributed by atoms with van der Waals surface area (Å²) in [5.41, 5.74) is 6.84. The summed E-state index contributed by atoms with van der Waals surface area (Å²) in [7, 11) is 0. The quantitative estimate of drug-likeness (QED) is 0.873. The molecule has 2 aromatic rings. The molecule has 0 saturated carbocycles.